The Balaban J connectivity index is 0.00000280. The van der Waals surface area contributed by atoms with Gasteiger partial charge in [0.15, 0.2) is 11.6 Å². The first-order valence-corrected chi connectivity index (χ1v) is 9.05. The largest absolute Gasteiger partial charge is 0.497 e. The fourth-order valence-corrected chi connectivity index (χ4v) is 2.97. The van der Waals surface area contributed by atoms with Gasteiger partial charge in [0.1, 0.15) is 5.75 Å². The van der Waals surface area contributed by atoms with Crippen molar-refractivity contribution in [1.82, 2.24) is 19.7 Å². The molecule has 1 N–H and O–H groups in total. The van der Waals surface area contributed by atoms with Crippen LogP contribution < -0.4 is 4.74 Å². The van der Waals surface area contributed by atoms with Gasteiger partial charge >= 0.3 is 0 Å². The Hall–Kier alpha value is -2.41. The monoisotopic (exact) mass is 402 g/mol. The normalized spacial score (nSPS) is 10.8. The fourth-order valence-electron chi connectivity index (χ4n) is 2.97. The smallest absolute Gasteiger partial charge is 0.181 e. The third kappa shape index (κ3) is 5.32. The Morgan fingerprint density at radius 2 is 1.82 bits per heavy atom. The number of aliphatic hydroxyl groups is 1. The Kier molecular flexibility index (Phi) is 7.99. The molecule has 0 unspecified atom stereocenters. The lowest BCUT2D eigenvalue weighted by molar-refractivity contribution is 0.277. The molecule has 0 saturated heterocycles. The molecule has 0 aliphatic heterocycles. The molecule has 0 spiro atoms. The van der Waals surface area contributed by atoms with E-state index in [1.807, 2.05) is 41.1 Å². The number of benzene rings is 2. The minimum Gasteiger partial charge on any atom is -0.497 e. The highest BCUT2D eigenvalue weighted by Crippen LogP contribution is 2.25. The zero-order chi connectivity index (χ0) is 19.2. The number of methoxy groups -OCH3 is 1. The second-order valence-corrected chi connectivity index (χ2v) is 6.73. The summed E-state index contributed by atoms with van der Waals surface area (Å²) in [5.41, 5.74) is 3.18. The molecule has 0 bridgehead atoms. The molecule has 28 heavy (non-hydrogen) atoms. The van der Waals surface area contributed by atoms with Crippen molar-refractivity contribution in [3.63, 3.8) is 0 Å². The van der Waals surface area contributed by atoms with Crippen LogP contribution in [0.1, 0.15) is 12.0 Å². The summed E-state index contributed by atoms with van der Waals surface area (Å²) in [6, 6.07) is 16.1. The van der Waals surface area contributed by atoms with Crippen LogP contribution in [0, 0.1) is 0 Å². The quantitative estimate of drug-likeness (QED) is 0.624. The van der Waals surface area contributed by atoms with Gasteiger partial charge in [0.05, 0.1) is 7.11 Å². The molecule has 0 saturated carbocycles. The lowest BCUT2D eigenvalue weighted by Gasteiger charge is -2.09. The van der Waals surface area contributed by atoms with E-state index in [9.17, 15) is 5.11 Å². The Morgan fingerprint density at radius 1 is 1.07 bits per heavy atom. The number of hydrogen-bond acceptors (Lipinski definition) is 5. The summed E-state index contributed by atoms with van der Waals surface area (Å²) in [7, 11) is 5.75. The van der Waals surface area contributed by atoms with Crippen LogP contribution >= 0.6 is 12.4 Å². The third-order valence-corrected chi connectivity index (χ3v) is 4.23. The van der Waals surface area contributed by atoms with Crippen LogP contribution in [0.25, 0.3) is 22.8 Å². The maximum atomic E-state index is 9.22. The minimum atomic E-state index is 0. The van der Waals surface area contributed by atoms with Crippen molar-refractivity contribution >= 4 is 12.4 Å². The molecule has 6 nitrogen and oxygen atoms in total. The van der Waals surface area contributed by atoms with Gasteiger partial charge in [-0.3, -0.25) is 0 Å². The van der Waals surface area contributed by atoms with E-state index in [2.05, 4.69) is 31.1 Å². The molecule has 0 radical (unpaired) electrons. The van der Waals surface area contributed by atoms with Gasteiger partial charge in [-0.05, 0) is 56.4 Å². The lowest BCUT2D eigenvalue weighted by atomic mass is 10.1. The van der Waals surface area contributed by atoms with E-state index in [1.54, 1.807) is 7.11 Å². The Labute approximate surface area is 172 Å². The van der Waals surface area contributed by atoms with Crippen molar-refractivity contribution in [3.8, 4) is 28.5 Å². The summed E-state index contributed by atoms with van der Waals surface area (Å²) in [5.74, 6) is 2.29. The zero-order valence-electron chi connectivity index (χ0n) is 16.5. The molecule has 1 heterocycles. The van der Waals surface area contributed by atoms with Gasteiger partial charge in [-0.1, -0.05) is 18.2 Å². The van der Waals surface area contributed by atoms with Crippen LogP contribution in [0.5, 0.6) is 5.75 Å². The molecule has 3 rings (SSSR count). The number of aromatic nitrogens is 3. The molecule has 1 aromatic heterocycles. The summed E-state index contributed by atoms with van der Waals surface area (Å²) < 4.78 is 7.11. The summed E-state index contributed by atoms with van der Waals surface area (Å²) in [4.78, 5) is 6.93. The van der Waals surface area contributed by atoms with Crippen molar-refractivity contribution in [2.45, 2.75) is 19.5 Å². The maximum Gasteiger partial charge on any atom is 0.181 e. The van der Waals surface area contributed by atoms with Crippen molar-refractivity contribution in [1.29, 1.82) is 0 Å². The van der Waals surface area contributed by atoms with E-state index in [0.717, 1.165) is 29.2 Å². The van der Waals surface area contributed by atoms with E-state index in [0.29, 0.717) is 18.8 Å². The molecule has 0 amide bonds. The average Bonchev–Trinajstić information content (AvgIpc) is 3.10. The highest BCUT2D eigenvalue weighted by molar-refractivity contribution is 5.85. The fraction of sp³-hybridized carbons (Fsp3) is 0.333. The van der Waals surface area contributed by atoms with Crippen LogP contribution in [0.2, 0.25) is 0 Å². The van der Waals surface area contributed by atoms with E-state index in [1.165, 1.54) is 5.56 Å². The van der Waals surface area contributed by atoms with Crippen LogP contribution in [0.15, 0.2) is 48.5 Å². The zero-order valence-corrected chi connectivity index (χ0v) is 17.3. The molecule has 2 aromatic carbocycles. The van der Waals surface area contributed by atoms with Gasteiger partial charge in [0.2, 0.25) is 0 Å². The van der Waals surface area contributed by atoms with E-state index >= 15 is 0 Å². The number of aryl methyl sites for hydroxylation is 1. The summed E-state index contributed by atoms with van der Waals surface area (Å²) >= 11 is 0. The molecule has 0 fully saturated rings. The molecular formula is C21H27ClN4O2. The molecule has 150 valence electrons. The first kappa shape index (κ1) is 21.9. The topological polar surface area (TPSA) is 63.4 Å². The Bertz CT molecular complexity index is 878. The molecule has 3 aromatic rings. The van der Waals surface area contributed by atoms with Crippen LogP contribution in [0.3, 0.4) is 0 Å². The summed E-state index contributed by atoms with van der Waals surface area (Å²) in [5, 5.41) is 13.9. The predicted octanol–water partition coefficient (Wildman–Crippen LogP) is 3.49. The molecule has 0 aliphatic carbocycles. The third-order valence-electron chi connectivity index (χ3n) is 4.23. The van der Waals surface area contributed by atoms with Gasteiger partial charge in [0, 0.05) is 30.8 Å². The van der Waals surface area contributed by atoms with Crippen LogP contribution in [-0.4, -0.2) is 52.6 Å². The average molecular weight is 403 g/mol. The Morgan fingerprint density at radius 3 is 2.46 bits per heavy atom. The second-order valence-electron chi connectivity index (χ2n) is 6.73. The highest BCUT2D eigenvalue weighted by atomic mass is 35.5. The number of rotatable bonds is 8. The van der Waals surface area contributed by atoms with Crippen LogP contribution in [0.4, 0.5) is 0 Å². The number of halogens is 1. The van der Waals surface area contributed by atoms with Gasteiger partial charge in [-0.25, -0.2) is 9.67 Å². The summed E-state index contributed by atoms with van der Waals surface area (Å²) in [6.45, 7) is 1.60. The first-order chi connectivity index (χ1) is 13.1. The molecular weight excluding hydrogens is 376 g/mol. The number of nitrogens with zero attached hydrogens (tertiary/aromatic N) is 4. The van der Waals surface area contributed by atoms with Crippen LogP contribution in [-0.2, 0) is 13.1 Å². The molecule has 0 atom stereocenters. The van der Waals surface area contributed by atoms with Crippen molar-refractivity contribution in [3.05, 3.63) is 54.1 Å². The molecule has 0 aliphatic rings. The van der Waals surface area contributed by atoms with Gasteiger partial charge < -0.3 is 14.7 Å². The maximum absolute atomic E-state index is 9.22. The number of ether oxygens (including phenoxy) is 1. The highest BCUT2D eigenvalue weighted by Gasteiger charge is 2.14. The lowest BCUT2D eigenvalue weighted by Crippen LogP contribution is -2.10. The van der Waals surface area contributed by atoms with Gasteiger partial charge in [-0.2, -0.15) is 5.10 Å². The number of hydrogen-bond donors (Lipinski definition) is 1. The van der Waals surface area contributed by atoms with Crippen molar-refractivity contribution in [2.24, 2.45) is 0 Å². The van der Waals surface area contributed by atoms with E-state index in [4.69, 9.17) is 14.8 Å². The SMILES string of the molecule is COc1ccc(-c2nc(-c3cccc(CN(C)C)c3)nn2CCCO)cc1.Cl. The number of aliphatic hydroxyl groups excluding tert-OH is 1. The van der Waals surface area contributed by atoms with Gasteiger partial charge in [0.25, 0.3) is 0 Å². The first-order valence-electron chi connectivity index (χ1n) is 9.05. The van der Waals surface area contributed by atoms with E-state index < -0.39 is 0 Å². The van der Waals surface area contributed by atoms with Gasteiger partial charge in [-0.15, -0.1) is 12.4 Å². The minimum absolute atomic E-state index is 0. The predicted molar refractivity (Wildman–Crippen MR) is 114 cm³/mol. The van der Waals surface area contributed by atoms with Crippen molar-refractivity contribution < 1.29 is 9.84 Å². The van der Waals surface area contributed by atoms with E-state index in [-0.39, 0.29) is 19.0 Å². The second kappa shape index (κ2) is 10.2. The molecule has 7 heteroatoms. The summed E-state index contributed by atoms with van der Waals surface area (Å²) in [6.07, 6.45) is 0.632. The standard InChI is InChI=1S/C21H26N4O2.ClH/c1-24(2)15-16-6-4-7-18(14-16)20-22-21(25(23-20)12-5-13-26)17-8-10-19(27-3)11-9-17;/h4,6-11,14,26H,5,12-13,15H2,1-3H3;1H. The van der Waals surface area contributed by atoms with Crippen molar-refractivity contribution in [2.75, 3.05) is 27.8 Å².